The van der Waals surface area contributed by atoms with E-state index in [0.29, 0.717) is 18.2 Å². The van der Waals surface area contributed by atoms with Gasteiger partial charge in [-0.25, -0.2) is 14.4 Å². The molecule has 0 saturated carbocycles. The second kappa shape index (κ2) is 7.74. The smallest absolute Gasteiger partial charge is 0.274 e. The van der Waals surface area contributed by atoms with Crippen LogP contribution >= 0.6 is 0 Å². The number of rotatable bonds is 5. The molecule has 0 saturated heterocycles. The molecular formula is C20H19FN4O. The van der Waals surface area contributed by atoms with E-state index in [4.69, 9.17) is 0 Å². The van der Waals surface area contributed by atoms with E-state index in [9.17, 15) is 9.18 Å². The number of carbonyl (C=O) groups is 1. The minimum atomic E-state index is -0.496. The molecule has 0 unspecified atom stereocenters. The fourth-order valence-corrected chi connectivity index (χ4v) is 2.52. The Kier molecular flexibility index (Phi) is 5.22. The predicted octanol–water partition coefficient (Wildman–Crippen LogP) is 4.10. The zero-order valence-corrected chi connectivity index (χ0v) is 14.6. The SMILES string of the molecule is Cc1nc(NCc2ccccc2C)cc(C(=O)Nc2ccccc2F)n1. The fraction of sp³-hybridized carbons (Fsp3) is 0.150. The Hall–Kier alpha value is -3.28. The van der Waals surface area contributed by atoms with Gasteiger partial charge in [-0.05, 0) is 37.1 Å². The Labute approximate surface area is 151 Å². The van der Waals surface area contributed by atoms with E-state index in [0.717, 1.165) is 5.56 Å². The first-order valence-electron chi connectivity index (χ1n) is 8.23. The lowest BCUT2D eigenvalue weighted by atomic mass is 10.1. The van der Waals surface area contributed by atoms with E-state index in [1.807, 2.05) is 31.2 Å². The van der Waals surface area contributed by atoms with Gasteiger partial charge in [-0.2, -0.15) is 0 Å². The number of carbonyl (C=O) groups excluding carboxylic acids is 1. The third kappa shape index (κ3) is 4.22. The number of halogens is 1. The highest BCUT2D eigenvalue weighted by atomic mass is 19.1. The number of benzene rings is 2. The van der Waals surface area contributed by atoms with E-state index in [1.54, 1.807) is 25.1 Å². The Balaban J connectivity index is 1.76. The Morgan fingerprint density at radius 3 is 2.54 bits per heavy atom. The molecule has 1 heterocycles. The molecule has 1 aromatic heterocycles. The molecule has 3 aromatic rings. The summed E-state index contributed by atoms with van der Waals surface area (Å²) in [4.78, 5) is 20.9. The molecule has 5 nitrogen and oxygen atoms in total. The molecule has 0 aliphatic heterocycles. The van der Waals surface area contributed by atoms with E-state index >= 15 is 0 Å². The average molecular weight is 350 g/mol. The monoisotopic (exact) mass is 350 g/mol. The third-order valence-corrected chi connectivity index (χ3v) is 3.91. The average Bonchev–Trinajstić information content (AvgIpc) is 2.62. The van der Waals surface area contributed by atoms with Crippen LogP contribution in [0.15, 0.2) is 54.6 Å². The number of anilines is 2. The predicted molar refractivity (Wildman–Crippen MR) is 99.6 cm³/mol. The number of para-hydroxylation sites is 1. The van der Waals surface area contributed by atoms with E-state index < -0.39 is 11.7 Å². The van der Waals surface area contributed by atoms with Gasteiger partial charge in [0.1, 0.15) is 23.2 Å². The van der Waals surface area contributed by atoms with Crippen molar-refractivity contribution in [2.45, 2.75) is 20.4 Å². The lowest BCUT2D eigenvalue weighted by Gasteiger charge is -2.11. The molecule has 0 aliphatic rings. The third-order valence-electron chi connectivity index (χ3n) is 3.91. The molecule has 0 fully saturated rings. The van der Waals surface area contributed by atoms with Crippen LogP contribution in [-0.4, -0.2) is 15.9 Å². The van der Waals surface area contributed by atoms with Gasteiger partial charge in [0.15, 0.2) is 0 Å². The normalized spacial score (nSPS) is 10.4. The van der Waals surface area contributed by atoms with Gasteiger partial charge in [-0.3, -0.25) is 4.79 Å². The summed E-state index contributed by atoms with van der Waals surface area (Å²) in [5.74, 6) is 0.0157. The van der Waals surface area contributed by atoms with Crippen molar-refractivity contribution in [1.82, 2.24) is 9.97 Å². The maximum Gasteiger partial charge on any atom is 0.274 e. The highest BCUT2D eigenvalue weighted by molar-refractivity contribution is 6.03. The highest BCUT2D eigenvalue weighted by Crippen LogP contribution is 2.15. The van der Waals surface area contributed by atoms with Crippen LogP contribution in [0, 0.1) is 19.7 Å². The van der Waals surface area contributed by atoms with Crippen LogP contribution < -0.4 is 10.6 Å². The molecule has 0 aliphatic carbocycles. The van der Waals surface area contributed by atoms with Gasteiger partial charge in [-0.1, -0.05) is 36.4 Å². The van der Waals surface area contributed by atoms with Gasteiger partial charge >= 0.3 is 0 Å². The largest absolute Gasteiger partial charge is 0.366 e. The van der Waals surface area contributed by atoms with Crippen molar-refractivity contribution in [3.8, 4) is 0 Å². The van der Waals surface area contributed by atoms with Crippen molar-refractivity contribution in [3.05, 3.63) is 83.1 Å². The zero-order valence-electron chi connectivity index (χ0n) is 14.6. The summed E-state index contributed by atoms with van der Waals surface area (Å²) >= 11 is 0. The molecule has 3 rings (SSSR count). The number of nitrogens with one attached hydrogen (secondary N) is 2. The molecule has 0 atom stereocenters. The van der Waals surface area contributed by atoms with Crippen LogP contribution in [0.4, 0.5) is 15.9 Å². The van der Waals surface area contributed by atoms with Crippen LogP contribution in [0.5, 0.6) is 0 Å². The van der Waals surface area contributed by atoms with Gasteiger partial charge in [0.05, 0.1) is 5.69 Å². The maximum atomic E-state index is 13.7. The number of amides is 1. The fourth-order valence-electron chi connectivity index (χ4n) is 2.52. The van der Waals surface area contributed by atoms with Crippen molar-refractivity contribution < 1.29 is 9.18 Å². The second-order valence-corrected chi connectivity index (χ2v) is 5.90. The molecular weight excluding hydrogens is 331 g/mol. The van der Waals surface area contributed by atoms with Crippen molar-refractivity contribution in [2.24, 2.45) is 0 Å². The van der Waals surface area contributed by atoms with Crippen LogP contribution in [0.2, 0.25) is 0 Å². The number of aromatic nitrogens is 2. The number of hydrogen-bond donors (Lipinski definition) is 2. The maximum absolute atomic E-state index is 13.7. The Morgan fingerprint density at radius 2 is 1.77 bits per heavy atom. The van der Waals surface area contributed by atoms with Crippen LogP contribution in [0.3, 0.4) is 0 Å². The summed E-state index contributed by atoms with van der Waals surface area (Å²) in [7, 11) is 0. The number of hydrogen-bond acceptors (Lipinski definition) is 4. The van der Waals surface area contributed by atoms with Crippen molar-refractivity contribution in [2.75, 3.05) is 10.6 Å². The number of nitrogens with zero attached hydrogens (tertiary/aromatic N) is 2. The lowest BCUT2D eigenvalue weighted by molar-refractivity contribution is 0.102. The van der Waals surface area contributed by atoms with Crippen molar-refractivity contribution in [3.63, 3.8) is 0 Å². The van der Waals surface area contributed by atoms with Crippen LogP contribution in [-0.2, 0) is 6.54 Å². The van der Waals surface area contributed by atoms with Gasteiger partial charge in [0.25, 0.3) is 5.91 Å². The quantitative estimate of drug-likeness (QED) is 0.727. The summed E-state index contributed by atoms with van der Waals surface area (Å²) in [5.41, 5.74) is 2.60. The van der Waals surface area contributed by atoms with E-state index in [2.05, 4.69) is 20.6 Å². The first-order chi connectivity index (χ1) is 12.5. The minimum Gasteiger partial charge on any atom is -0.366 e. The van der Waals surface area contributed by atoms with Gasteiger partial charge < -0.3 is 10.6 Å². The first kappa shape index (κ1) is 17.5. The zero-order chi connectivity index (χ0) is 18.5. The highest BCUT2D eigenvalue weighted by Gasteiger charge is 2.13. The molecule has 0 spiro atoms. The second-order valence-electron chi connectivity index (χ2n) is 5.90. The topological polar surface area (TPSA) is 66.9 Å². The van der Waals surface area contributed by atoms with Gasteiger partial charge in [0.2, 0.25) is 0 Å². The Bertz CT molecular complexity index is 943. The first-order valence-corrected chi connectivity index (χ1v) is 8.23. The molecule has 6 heteroatoms. The lowest BCUT2D eigenvalue weighted by Crippen LogP contribution is -2.16. The Morgan fingerprint density at radius 1 is 1.04 bits per heavy atom. The van der Waals surface area contributed by atoms with Gasteiger partial charge in [-0.15, -0.1) is 0 Å². The minimum absolute atomic E-state index is 0.114. The summed E-state index contributed by atoms with van der Waals surface area (Å²) in [5, 5.41) is 5.74. The molecule has 1 amide bonds. The summed E-state index contributed by atoms with van der Waals surface area (Å²) in [6, 6.07) is 15.6. The van der Waals surface area contributed by atoms with Crippen molar-refractivity contribution in [1.29, 1.82) is 0 Å². The molecule has 0 bridgehead atoms. The summed E-state index contributed by atoms with van der Waals surface area (Å²) in [6.07, 6.45) is 0. The van der Waals surface area contributed by atoms with Gasteiger partial charge in [0, 0.05) is 12.6 Å². The molecule has 132 valence electrons. The van der Waals surface area contributed by atoms with Crippen molar-refractivity contribution >= 4 is 17.4 Å². The van der Waals surface area contributed by atoms with E-state index in [-0.39, 0.29) is 11.4 Å². The molecule has 2 aromatic carbocycles. The number of aryl methyl sites for hydroxylation is 2. The van der Waals surface area contributed by atoms with E-state index in [1.165, 1.54) is 17.7 Å². The van der Waals surface area contributed by atoms with Crippen LogP contribution in [0.1, 0.15) is 27.4 Å². The molecule has 2 N–H and O–H groups in total. The molecule has 26 heavy (non-hydrogen) atoms. The van der Waals surface area contributed by atoms with Crippen LogP contribution in [0.25, 0.3) is 0 Å². The summed E-state index contributed by atoms with van der Waals surface area (Å²) in [6.45, 7) is 4.33. The summed E-state index contributed by atoms with van der Waals surface area (Å²) < 4.78 is 13.7. The molecule has 0 radical (unpaired) electrons. The standard InChI is InChI=1S/C20H19FN4O/c1-13-7-3-4-8-15(13)12-22-19-11-18(23-14(2)24-19)20(26)25-17-10-6-5-9-16(17)21/h3-11H,12H2,1-2H3,(H,25,26)(H,22,23,24).